The molecule has 3 rings (SSSR count). The molecule has 1 aliphatic carbocycles. The lowest BCUT2D eigenvalue weighted by atomic mass is 10.1. The summed E-state index contributed by atoms with van der Waals surface area (Å²) in [6, 6.07) is 14.5. The molecule has 0 spiro atoms. The minimum Gasteiger partial charge on any atom is -0.463 e. The second kappa shape index (κ2) is 11.0. The van der Waals surface area contributed by atoms with Gasteiger partial charge in [0.2, 0.25) is 6.10 Å². The number of allylic oxidation sites excluding steroid dienone is 1. The number of nitriles is 1. The van der Waals surface area contributed by atoms with Crippen molar-refractivity contribution in [1.82, 2.24) is 0 Å². The quantitative estimate of drug-likeness (QED) is 0.247. The molecular formula is C27H28FNO5. The van der Waals surface area contributed by atoms with Gasteiger partial charge in [-0.05, 0) is 42.0 Å². The van der Waals surface area contributed by atoms with Gasteiger partial charge in [-0.3, -0.25) is 4.79 Å². The molecule has 1 aliphatic rings. The fourth-order valence-corrected chi connectivity index (χ4v) is 3.77. The van der Waals surface area contributed by atoms with Crippen LogP contribution in [0.3, 0.4) is 0 Å². The summed E-state index contributed by atoms with van der Waals surface area (Å²) >= 11 is 0. The molecule has 1 saturated carbocycles. The summed E-state index contributed by atoms with van der Waals surface area (Å²) in [7, 11) is 0. The van der Waals surface area contributed by atoms with Crippen LogP contribution in [0.2, 0.25) is 0 Å². The maximum absolute atomic E-state index is 14.3. The lowest BCUT2D eigenvalue weighted by molar-refractivity contribution is -0.149. The maximum Gasteiger partial charge on any atom is 0.330 e. The van der Waals surface area contributed by atoms with E-state index in [1.165, 1.54) is 24.3 Å². The van der Waals surface area contributed by atoms with Crippen LogP contribution < -0.4 is 4.74 Å². The highest BCUT2D eigenvalue weighted by Gasteiger charge is 2.61. The zero-order valence-corrected chi connectivity index (χ0v) is 19.5. The standard InChI is InChI=1S/C27H28FNO5/c1-4-5-15-32-24(30)14-12-20-25(27(20,2)3)26(31)34-23(17-29)18-11-13-21(28)22(16-18)33-19-9-7-6-8-10-19/h6-14,16,20,23,25H,4-5,15H2,1-3H3/b14-12+/t20?,23?,25-/m0/s1. The first-order valence-electron chi connectivity index (χ1n) is 11.2. The highest BCUT2D eigenvalue weighted by Crippen LogP contribution is 2.59. The number of benzene rings is 2. The van der Waals surface area contributed by atoms with Crippen molar-refractivity contribution in [3.05, 3.63) is 72.1 Å². The second-order valence-electron chi connectivity index (χ2n) is 8.76. The normalized spacial score (nSPS) is 19.1. The van der Waals surface area contributed by atoms with Gasteiger partial charge in [-0.15, -0.1) is 0 Å². The molecule has 0 saturated heterocycles. The number of hydrogen-bond acceptors (Lipinski definition) is 6. The highest BCUT2D eigenvalue weighted by atomic mass is 19.1. The third kappa shape index (κ3) is 6.02. The second-order valence-corrected chi connectivity index (χ2v) is 8.76. The lowest BCUT2D eigenvalue weighted by Crippen LogP contribution is -2.14. The van der Waals surface area contributed by atoms with Gasteiger partial charge >= 0.3 is 11.9 Å². The van der Waals surface area contributed by atoms with E-state index in [9.17, 15) is 19.2 Å². The molecule has 2 unspecified atom stereocenters. The van der Waals surface area contributed by atoms with E-state index in [0.717, 1.165) is 12.8 Å². The van der Waals surface area contributed by atoms with Crippen LogP contribution in [0.1, 0.15) is 45.3 Å². The molecule has 3 atom stereocenters. The number of rotatable bonds is 10. The first-order chi connectivity index (χ1) is 16.3. The summed E-state index contributed by atoms with van der Waals surface area (Å²) in [6.07, 6.45) is 3.48. The Balaban J connectivity index is 1.66. The van der Waals surface area contributed by atoms with Crippen molar-refractivity contribution in [1.29, 1.82) is 5.26 Å². The Morgan fingerprint density at radius 2 is 1.94 bits per heavy atom. The van der Waals surface area contributed by atoms with E-state index in [1.54, 1.807) is 30.3 Å². The Labute approximate surface area is 198 Å². The number of hydrogen-bond donors (Lipinski definition) is 0. The Kier molecular flexibility index (Phi) is 8.06. The Morgan fingerprint density at radius 1 is 1.21 bits per heavy atom. The van der Waals surface area contributed by atoms with E-state index >= 15 is 0 Å². The Hall–Kier alpha value is -3.66. The predicted molar refractivity (Wildman–Crippen MR) is 123 cm³/mol. The molecular weight excluding hydrogens is 437 g/mol. The smallest absolute Gasteiger partial charge is 0.330 e. The molecule has 0 aromatic heterocycles. The van der Waals surface area contributed by atoms with E-state index < -0.39 is 35.2 Å². The number of esters is 2. The third-order valence-corrected chi connectivity index (χ3v) is 5.93. The summed E-state index contributed by atoms with van der Waals surface area (Å²) in [5.74, 6) is -1.97. The molecule has 2 aromatic carbocycles. The molecule has 34 heavy (non-hydrogen) atoms. The number of carbonyl (C=O) groups excluding carboxylic acids is 2. The Bertz CT molecular complexity index is 1090. The molecule has 6 nitrogen and oxygen atoms in total. The molecule has 0 heterocycles. The molecule has 2 aromatic rings. The molecule has 178 valence electrons. The summed E-state index contributed by atoms with van der Waals surface area (Å²) in [4.78, 5) is 24.7. The topological polar surface area (TPSA) is 85.6 Å². The monoisotopic (exact) mass is 465 g/mol. The number of unbranched alkanes of at least 4 members (excludes halogenated alkanes) is 1. The summed E-state index contributed by atoms with van der Waals surface area (Å²) < 4.78 is 30.4. The van der Waals surface area contributed by atoms with Gasteiger partial charge in [-0.2, -0.15) is 5.26 Å². The fraction of sp³-hybridized carbons (Fsp3) is 0.370. The number of ether oxygens (including phenoxy) is 3. The molecule has 1 fully saturated rings. The van der Waals surface area contributed by atoms with Gasteiger partial charge in [-0.1, -0.05) is 57.5 Å². The zero-order valence-electron chi connectivity index (χ0n) is 19.5. The van der Waals surface area contributed by atoms with Crippen LogP contribution >= 0.6 is 0 Å². The minimum atomic E-state index is -1.23. The molecule has 0 aliphatic heterocycles. The number of nitrogens with zero attached hydrogens (tertiary/aromatic N) is 1. The van der Waals surface area contributed by atoms with E-state index in [1.807, 2.05) is 32.9 Å². The Morgan fingerprint density at radius 3 is 2.62 bits per heavy atom. The van der Waals surface area contributed by atoms with E-state index in [-0.39, 0.29) is 11.7 Å². The van der Waals surface area contributed by atoms with Crippen molar-refractivity contribution in [2.24, 2.45) is 17.3 Å². The van der Waals surface area contributed by atoms with Gasteiger partial charge in [0.1, 0.15) is 11.8 Å². The number of halogens is 1. The first-order valence-corrected chi connectivity index (χ1v) is 11.2. The van der Waals surface area contributed by atoms with Crippen molar-refractivity contribution in [3.8, 4) is 17.6 Å². The van der Waals surface area contributed by atoms with E-state index in [0.29, 0.717) is 17.9 Å². The largest absolute Gasteiger partial charge is 0.463 e. The van der Waals surface area contributed by atoms with Gasteiger partial charge in [0.25, 0.3) is 0 Å². The molecule has 0 bridgehead atoms. The van der Waals surface area contributed by atoms with Crippen molar-refractivity contribution < 1.29 is 28.2 Å². The molecule has 7 heteroatoms. The van der Waals surface area contributed by atoms with Gasteiger partial charge in [0.15, 0.2) is 11.6 Å². The molecule has 0 N–H and O–H groups in total. The van der Waals surface area contributed by atoms with Gasteiger partial charge in [0.05, 0.1) is 12.5 Å². The SMILES string of the molecule is CCCCOC(=O)/C=C/C1[C@@H](C(=O)OC(C#N)c2ccc(F)c(Oc3ccccc3)c2)C1(C)C. The van der Waals surface area contributed by atoms with Crippen LogP contribution in [0.25, 0.3) is 0 Å². The highest BCUT2D eigenvalue weighted by molar-refractivity contribution is 5.83. The summed E-state index contributed by atoms with van der Waals surface area (Å²) in [6.45, 7) is 6.14. The predicted octanol–water partition coefficient (Wildman–Crippen LogP) is 5.90. The molecule has 0 radical (unpaired) electrons. The van der Waals surface area contributed by atoms with Gasteiger partial charge in [-0.25, -0.2) is 9.18 Å². The fourth-order valence-electron chi connectivity index (χ4n) is 3.77. The summed E-state index contributed by atoms with van der Waals surface area (Å²) in [5, 5.41) is 9.62. The van der Waals surface area contributed by atoms with Crippen LogP contribution in [0.5, 0.6) is 11.5 Å². The number of para-hydroxylation sites is 1. The zero-order chi connectivity index (χ0) is 24.7. The lowest BCUT2D eigenvalue weighted by Gasteiger charge is -2.14. The average molecular weight is 466 g/mol. The van der Waals surface area contributed by atoms with Crippen LogP contribution in [-0.4, -0.2) is 18.5 Å². The van der Waals surface area contributed by atoms with Crippen molar-refractivity contribution in [2.45, 2.75) is 39.7 Å². The van der Waals surface area contributed by atoms with Gasteiger partial charge in [0, 0.05) is 11.6 Å². The van der Waals surface area contributed by atoms with Crippen molar-refractivity contribution in [2.75, 3.05) is 6.61 Å². The average Bonchev–Trinajstić information content (AvgIpc) is 3.38. The van der Waals surface area contributed by atoms with Crippen LogP contribution in [0, 0.1) is 34.4 Å². The van der Waals surface area contributed by atoms with Crippen LogP contribution in [0.15, 0.2) is 60.7 Å². The van der Waals surface area contributed by atoms with Crippen molar-refractivity contribution in [3.63, 3.8) is 0 Å². The van der Waals surface area contributed by atoms with Crippen molar-refractivity contribution >= 4 is 11.9 Å². The van der Waals surface area contributed by atoms with Gasteiger partial charge < -0.3 is 14.2 Å². The molecule has 0 amide bonds. The maximum atomic E-state index is 14.3. The third-order valence-electron chi connectivity index (χ3n) is 5.93. The summed E-state index contributed by atoms with van der Waals surface area (Å²) in [5.41, 5.74) is -0.130. The number of carbonyl (C=O) groups is 2. The van der Waals surface area contributed by atoms with E-state index in [2.05, 4.69) is 0 Å². The van der Waals surface area contributed by atoms with Crippen LogP contribution in [0.4, 0.5) is 4.39 Å². The first kappa shape index (κ1) is 25.0. The minimum absolute atomic E-state index is 0.0749. The van der Waals surface area contributed by atoms with Crippen LogP contribution in [-0.2, 0) is 19.1 Å². The van der Waals surface area contributed by atoms with E-state index in [4.69, 9.17) is 14.2 Å².